The second-order valence-electron chi connectivity index (χ2n) is 6.21. The normalized spacial score (nSPS) is 17.9. The Morgan fingerprint density at radius 3 is 2.21 bits per heavy atom. The highest BCUT2D eigenvalue weighted by atomic mass is 31.2. The first kappa shape index (κ1) is 18.3. The zero-order valence-corrected chi connectivity index (χ0v) is 16.4. The Kier molecular flexibility index (Phi) is 5.17. The number of allylic oxidation sites excluding steroid dienone is 1. The summed E-state index contributed by atoms with van der Waals surface area (Å²) in [5.41, 5.74) is 3.21. The summed E-state index contributed by atoms with van der Waals surface area (Å²) in [7, 11) is -3.48. The van der Waals surface area contributed by atoms with Crippen LogP contribution in [0.2, 0.25) is 0 Å². The molecule has 0 amide bonds. The minimum Gasteiger partial charge on any atom is -0.419 e. The second kappa shape index (κ2) is 7.90. The van der Waals surface area contributed by atoms with Gasteiger partial charge in [0.25, 0.3) is 0 Å². The Hall–Kier alpha value is -3.05. The summed E-state index contributed by atoms with van der Waals surface area (Å²) >= 11 is 0. The maximum absolute atomic E-state index is 13.5. The van der Waals surface area contributed by atoms with E-state index in [0.717, 1.165) is 16.7 Å². The van der Waals surface area contributed by atoms with E-state index in [-0.39, 0.29) is 0 Å². The summed E-state index contributed by atoms with van der Waals surface area (Å²) in [4.78, 5) is 0. The molecule has 0 aliphatic carbocycles. The number of hydrogen-bond acceptors (Lipinski definition) is 3. The lowest BCUT2D eigenvalue weighted by atomic mass is 10.0. The molecule has 3 nitrogen and oxygen atoms in total. The molecule has 1 aliphatic rings. The maximum atomic E-state index is 13.5. The third-order valence-electron chi connectivity index (χ3n) is 4.35. The van der Waals surface area contributed by atoms with Crippen molar-refractivity contribution in [2.75, 3.05) is 6.61 Å². The van der Waals surface area contributed by atoms with Gasteiger partial charge in [-0.3, -0.25) is 4.52 Å². The van der Waals surface area contributed by atoms with Crippen molar-refractivity contribution in [3.05, 3.63) is 102 Å². The summed E-state index contributed by atoms with van der Waals surface area (Å²) in [5.74, 6) is 6.93. The fraction of sp³-hybridized carbons (Fsp3) is 0.0833. The highest BCUT2D eigenvalue weighted by molar-refractivity contribution is 7.62. The van der Waals surface area contributed by atoms with Crippen LogP contribution in [0.15, 0.2) is 84.9 Å². The van der Waals surface area contributed by atoms with Gasteiger partial charge in [-0.25, -0.2) is 4.57 Å². The summed E-state index contributed by atoms with van der Waals surface area (Å²) < 4.78 is 25.2. The molecule has 3 aromatic carbocycles. The van der Waals surface area contributed by atoms with Crippen LogP contribution in [0, 0.1) is 11.8 Å². The topological polar surface area (TPSA) is 35.5 Å². The average molecular weight is 386 g/mol. The predicted octanol–water partition coefficient (Wildman–Crippen LogP) is 5.49. The maximum Gasteiger partial charge on any atom is 0.411 e. The summed E-state index contributed by atoms with van der Waals surface area (Å²) in [5, 5.41) is 0.550. The van der Waals surface area contributed by atoms with Gasteiger partial charge >= 0.3 is 7.60 Å². The average Bonchev–Trinajstić information content (AvgIpc) is 2.75. The molecule has 0 radical (unpaired) electrons. The zero-order valence-electron chi connectivity index (χ0n) is 15.5. The number of fused-ring (bicyclic) bond motifs is 1. The smallest absolute Gasteiger partial charge is 0.411 e. The van der Waals surface area contributed by atoms with E-state index in [1.807, 2.05) is 85.8 Å². The van der Waals surface area contributed by atoms with E-state index in [2.05, 4.69) is 11.8 Å². The molecule has 0 saturated heterocycles. The zero-order chi connectivity index (χ0) is 19.4. The van der Waals surface area contributed by atoms with Crippen LogP contribution in [0.3, 0.4) is 0 Å². The molecule has 4 rings (SSSR count). The summed E-state index contributed by atoms with van der Waals surface area (Å²) in [6.07, 6.45) is 0. The molecule has 0 fully saturated rings. The quantitative estimate of drug-likeness (QED) is 0.441. The Bertz CT molecular complexity index is 1120. The van der Waals surface area contributed by atoms with Crippen molar-refractivity contribution in [2.24, 2.45) is 0 Å². The van der Waals surface area contributed by atoms with Gasteiger partial charge in [-0.05, 0) is 25.1 Å². The van der Waals surface area contributed by atoms with Gasteiger partial charge in [0.05, 0.1) is 17.5 Å². The fourth-order valence-electron chi connectivity index (χ4n) is 3.09. The van der Waals surface area contributed by atoms with E-state index in [4.69, 9.17) is 9.05 Å². The van der Waals surface area contributed by atoms with Crippen molar-refractivity contribution in [3.63, 3.8) is 0 Å². The predicted molar refractivity (Wildman–Crippen MR) is 113 cm³/mol. The third kappa shape index (κ3) is 3.53. The highest BCUT2D eigenvalue weighted by Crippen LogP contribution is 2.56. The number of rotatable bonds is 3. The van der Waals surface area contributed by atoms with E-state index in [9.17, 15) is 4.57 Å². The minimum absolute atomic E-state index is 0.290. The third-order valence-corrected chi connectivity index (χ3v) is 6.35. The Balaban J connectivity index is 1.95. The van der Waals surface area contributed by atoms with Crippen LogP contribution in [-0.2, 0) is 13.6 Å². The highest BCUT2D eigenvalue weighted by Gasteiger charge is 2.38. The van der Waals surface area contributed by atoms with Crippen molar-refractivity contribution in [1.29, 1.82) is 0 Å². The first-order valence-electron chi connectivity index (χ1n) is 9.12. The Labute approximate surface area is 165 Å². The van der Waals surface area contributed by atoms with Crippen molar-refractivity contribution < 1.29 is 13.6 Å². The molecule has 4 heteroatoms. The SMILES string of the molecule is CCOP1(=O)OC(c2ccccc2)=C(C#Cc2ccccc2)c2ccccc21. The van der Waals surface area contributed by atoms with Crippen molar-refractivity contribution >= 4 is 24.2 Å². The minimum atomic E-state index is -3.48. The first-order chi connectivity index (χ1) is 13.7. The molecule has 1 aliphatic heterocycles. The van der Waals surface area contributed by atoms with E-state index in [0.29, 0.717) is 23.2 Å². The van der Waals surface area contributed by atoms with E-state index in [1.54, 1.807) is 6.07 Å². The number of hydrogen-bond donors (Lipinski definition) is 0. The summed E-state index contributed by atoms with van der Waals surface area (Å²) in [6, 6.07) is 26.8. The van der Waals surface area contributed by atoms with Gasteiger partial charge in [0.1, 0.15) is 0 Å². The molecule has 1 atom stereocenters. The largest absolute Gasteiger partial charge is 0.419 e. The number of benzene rings is 3. The van der Waals surface area contributed by atoms with Crippen LogP contribution in [-0.4, -0.2) is 6.61 Å². The van der Waals surface area contributed by atoms with Gasteiger partial charge in [-0.2, -0.15) is 0 Å². The molecule has 0 saturated carbocycles. The van der Waals surface area contributed by atoms with Gasteiger partial charge < -0.3 is 4.52 Å². The standard InChI is InChI=1S/C24H19O3P/c1-2-26-28(25)23-16-10-9-15-21(23)22(18-17-19-11-5-3-6-12-19)24(27-28)20-13-7-4-8-14-20/h3-16H,2H2,1H3. The molecule has 28 heavy (non-hydrogen) atoms. The van der Waals surface area contributed by atoms with Crippen LogP contribution >= 0.6 is 7.60 Å². The lowest BCUT2D eigenvalue weighted by Crippen LogP contribution is -2.19. The Morgan fingerprint density at radius 2 is 1.50 bits per heavy atom. The van der Waals surface area contributed by atoms with Gasteiger partial charge in [0.2, 0.25) is 0 Å². The molecule has 3 aromatic rings. The monoisotopic (exact) mass is 386 g/mol. The molecular weight excluding hydrogens is 367 g/mol. The fourth-order valence-corrected chi connectivity index (χ4v) is 4.91. The molecule has 1 unspecified atom stereocenters. The molecular formula is C24H19O3P. The lowest BCUT2D eigenvalue weighted by Gasteiger charge is -2.28. The van der Waals surface area contributed by atoms with Gasteiger partial charge in [0.15, 0.2) is 5.76 Å². The Morgan fingerprint density at radius 1 is 0.857 bits per heavy atom. The van der Waals surface area contributed by atoms with Gasteiger partial charge in [-0.1, -0.05) is 78.6 Å². The van der Waals surface area contributed by atoms with Gasteiger partial charge in [-0.15, -0.1) is 0 Å². The molecule has 138 valence electrons. The van der Waals surface area contributed by atoms with Crippen LogP contribution < -0.4 is 5.30 Å². The first-order valence-corrected chi connectivity index (χ1v) is 10.7. The van der Waals surface area contributed by atoms with Crippen LogP contribution in [0.1, 0.15) is 23.6 Å². The van der Waals surface area contributed by atoms with Crippen LogP contribution in [0.25, 0.3) is 11.3 Å². The van der Waals surface area contributed by atoms with E-state index < -0.39 is 7.60 Å². The van der Waals surface area contributed by atoms with Crippen LogP contribution in [0.4, 0.5) is 0 Å². The lowest BCUT2D eigenvalue weighted by molar-refractivity contribution is 0.279. The molecule has 0 bridgehead atoms. The van der Waals surface area contributed by atoms with Crippen LogP contribution in [0.5, 0.6) is 0 Å². The second-order valence-corrected chi connectivity index (χ2v) is 8.13. The van der Waals surface area contributed by atoms with Crippen molar-refractivity contribution in [1.82, 2.24) is 0 Å². The van der Waals surface area contributed by atoms with E-state index >= 15 is 0 Å². The summed E-state index contributed by atoms with van der Waals surface area (Å²) in [6.45, 7) is 2.10. The molecule has 0 spiro atoms. The molecule has 0 N–H and O–H groups in total. The molecule has 0 aromatic heterocycles. The van der Waals surface area contributed by atoms with Crippen molar-refractivity contribution in [2.45, 2.75) is 6.92 Å². The van der Waals surface area contributed by atoms with Crippen molar-refractivity contribution in [3.8, 4) is 11.8 Å². The molecule has 1 heterocycles. The van der Waals surface area contributed by atoms with Gasteiger partial charge in [0, 0.05) is 16.7 Å². The van der Waals surface area contributed by atoms with E-state index in [1.165, 1.54) is 0 Å².